The highest BCUT2D eigenvalue weighted by Gasteiger charge is 2.26. The molecule has 2 rings (SSSR count). The van der Waals surface area contributed by atoms with E-state index >= 15 is 0 Å². The van der Waals surface area contributed by atoms with Crippen LogP contribution in [-0.4, -0.2) is 49.1 Å². The number of likely N-dealkylation sites (tertiary alicyclic amines) is 1. The first-order valence-corrected chi connectivity index (χ1v) is 9.85. The number of piperidine rings is 1. The van der Waals surface area contributed by atoms with Crippen molar-refractivity contribution in [2.24, 2.45) is 0 Å². The second-order valence-corrected chi connectivity index (χ2v) is 8.25. The van der Waals surface area contributed by atoms with E-state index in [1.54, 1.807) is 18.0 Å². The number of rotatable bonds is 3. The normalized spacial score (nSPS) is 17.2. The number of nitrogens with one attached hydrogen (secondary N) is 1. The summed E-state index contributed by atoms with van der Waals surface area (Å²) in [5, 5.41) is 12.7. The molecule has 1 unspecified atom stereocenters. The highest BCUT2D eigenvalue weighted by atomic mass is 127. The van der Waals surface area contributed by atoms with E-state index in [2.05, 4.69) is 61.9 Å². The van der Waals surface area contributed by atoms with E-state index in [1.807, 2.05) is 6.07 Å². The maximum absolute atomic E-state index is 12.5. The quantitative estimate of drug-likeness (QED) is 0.479. The summed E-state index contributed by atoms with van der Waals surface area (Å²) in [6.07, 6.45) is 1.88. The van der Waals surface area contributed by atoms with Crippen LogP contribution in [0.15, 0.2) is 16.6 Å². The van der Waals surface area contributed by atoms with Gasteiger partial charge in [-0.1, -0.05) is 17.7 Å². The molecule has 1 N–H and O–H groups in total. The standard InChI is InChI=1S/C16H19BrClIN4O/c1-22-7-5-10(6-8-22)23(2)16(24)21-13(9-20)11-3-4-12(19)14(17)15(11)18/h3-4,10,13H,5-8H2,1-2H3,(H,21,24). The number of amides is 2. The van der Waals surface area contributed by atoms with Crippen molar-refractivity contribution in [3.8, 4) is 6.07 Å². The lowest BCUT2D eigenvalue weighted by Gasteiger charge is -2.35. The number of benzene rings is 1. The van der Waals surface area contributed by atoms with Crippen LogP contribution in [0.5, 0.6) is 0 Å². The van der Waals surface area contributed by atoms with Crippen molar-refractivity contribution in [1.82, 2.24) is 15.1 Å². The molecule has 0 aromatic heterocycles. The highest BCUT2D eigenvalue weighted by Crippen LogP contribution is 2.34. The molecule has 1 aromatic carbocycles. The predicted molar refractivity (Wildman–Crippen MR) is 107 cm³/mol. The molecule has 1 aliphatic rings. The molecule has 0 saturated carbocycles. The molecule has 1 heterocycles. The summed E-state index contributed by atoms with van der Waals surface area (Å²) in [6, 6.07) is 4.93. The van der Waals surface area contributed by atoms with E-state index in [0.29, 0.717) is 10.6 Å². The maximum Gasteiger partial charge on any atom is 0.318 e. The van der Waals surface area contributed by atoms with Crippen LogP contribution < -0.4 is 5.32 Å². The van der Waals surface area contributed by atoms with Crippen molar-refractivity contribution in [1.29, 1.82) is 5.26 Å². The largest absolute Gasteiger partial charge is 0.325 e. The highest BCUT2D eigenvalue weighted by molar-refractivity contribution is 14.1. The van der Waals surface area contributed by atoms with Crippen molar-refractivity contribution in [3.05, 3.63) is 30.8 Å². The minimum absolute atomic E-state index is 0.194. The van der Waals surface area contributed by atoms with E-state index in [9.17, 15) is 10.1 Å². The molecular formula is C16H19BrClIN4O. The fraction of sp³-hybridized carbons (Fsp3) is 0.500. The zero-order chi connectivity index (χ0) is 17.9. The fourth-order valence-corrected chi connectivity index (χ4v) is 3.96. The lowest BCUT2D eigenvalue weighted by molar-refractivity contribution is 0.147. The summed E-state index contributed by atoms with van der Waals surface area (Å²) in [7, 11) is 3.86. The van der Waals surface area contributed by atoms with Gasteiger partial charge in [0.1, 0.15) is 6.04 Å². The Hall–Kier alpha value is -0.560. The average molecular weight is 526 g/mol. The Morgan fingerprint density at radius 1 is 1.54 bits per heavy atom. The number of halogens is 3. The number of hydrogen-bond acceptors (Lipinski definition) is 3. The minimum Gasteiger partial charge on any atom is -0.325 e. The van der Waals surface area contributed by atoms with Crippen LogP contribution in [0.3, 0.4) is 0 Å². The van der Waals surface area contributed by atoms with Gasteiger partial charge in [-0.3, -0.25) is 0 Å². The molecule has 5 nitrogen and oxygen atoms in total. The topological polar surface area (TPSA) is 59.4 Å². The number of carbonyl (C=O) groups excluding carboxylic acids is 1. The molecule has 0 radical (unpaired) electrons. The van der Waals surface area contributed by atoms with Crippen LogP contribution in [0.1, 0.15) is 24.4 Å². The second-order valence-electron chi connectivity index (χ2n) is 5.92. The first kappa shape index (κ1) is 19.8. The number of carbonyl (C=O) groups is 1. The van der Waals surface area contributed by atoms with E-state index in [-0.39, 0.29) is 12.1 Å². The Morgan fingerprint density at radius 2 is 2.17 bits per heavy atom. The molecule has 1 fully saturated rings. The van der Waals surface area contributed by atoms with Crippen molar-refractivity contribution >= 4 is 56.2 Å². The molecule has 0 aliphatic carbocycles. The Labute approximate surface area is 169 Å². The molecule has 1 atom stereocenters. The van der Waals surface area contributed by atoms with Crippen LogP contribution in [-0.2, 0) is 0 Å². The lowest BCUT2D eigenvalue weighted by Crippen LogP contribution is -2.48. The van der Waals surface area contributed by atoms with Gasteiger partial charge in [0, 0.05) is 26.7 Å². The predicted octanol–water partition coefficient (Wildman–Crippen LogP) is 4.01. The summed E-state index contributed by atoms with van der Waals surface area (Å²) in [5.74, 6) is 0. The van der Waals surface area contributed by atoms with E-state index in [1.165, 1.54) is 0 Å². The van der Waals surface area contributed by atoms with Gasteiger partial charge in [0.15, 0.2) is 0 Å². The summed E-state index contributed by atoms with van der Waals surface area (Å²) < 4.78 is 1.69. The number of nitriles is 1. The van der Waals surface area contributed by atoms with Crippen LogP contribution in [0.25, 0.3) is 0 Å². The van der Waals surface area contributed by atoms with Crippen molar-refractivity contribution in [3.63, 3.8) is 0 Å². The van der Waals surface area contributed by atoms with Crippen molar-refractivity contribution < 1.29 is 4.79 Å². The summed E-state index contributed by atoms with van der Waals surface area (Å²) in [6.45, 7) is 1.94. The summed E-state index contributed by atoms with van der Waals surface area (Å²) >= 11 is 11.9. The molecule has 0 bridgehead atoms. The Kier molecular flexibility index (Phi) is 7.16. The van der Waals surface area contributed by atoms with Gasteiger partial charge in [-0.25, -0.2) is 4.79 Å². The average Bonchev–Trinajstić information content (AvgIpc) is 2.58. The smallest absolute Gasteiger partial charge is 0.318 e. The van der Waals surface area contributed by atoms with Gasteiger partial charge in [-0.05, 0) is 77.6 Å². The molecule has 1 saturated heterocycles. The Morgan fingerprint density at radius 3 is 2.75 bits per heavy atom. The molecule has 24 heavy (non-hydrogen) atoms. The van der Waals surface area contributed by atoms with E-state index in [0.717, 1.165) is 34.0 Å². The number of hydrogen-bond donors (Lipinski definition) is 1. The minimum atomic E-state index is -0.785. The lowest BCUT2D eigenvalue weighted by atomic mass is 10.0. The maximum atomic E-state index is 12.5. The number of urea groups is 1. The number of nitrogens with zero attached hydrogens (tertiary/aromatic N) is 3. The van der Waals surface area contributed by atoms with Crippen molar-refractivity contribution in [2.75, 3.05) is 27.2 Å². The third kappa shape index (κ3) is 4.54. The molecule has 0 spiro atoms. The second kappa shape index (κ2) is 8.70. The van der Waals surface area contributed by atoms with Gasteiger partial charge in [-0.2, -0.15) is 5.26 Å². The van der Waals surface area contributed by atoms with E-state index in [4.69, 9.17) is 11.6 Å². The monoisotopic (exact) mass is 524 g/mol. The molecule has 1 aliphatic heterocycles. The molecule has 2 amide bonds. The summed E-state index contributed by atoms with van der Waals surface area (Å²) in [5.41, 5.74) is 0.594. The first-order chi connectivity index (χ1) is 11.3. The zero-order valence-corrected chi connectivity index (χ0v) is 18.0. The van der Waals surface area contributed by atoms with Crippen LogP contribution in [0.2, 0.25) is 5.02 Å². The van der Waals surface area contributed by atoms with Gasteiger partial charge in [0.2, 0.25) is 0 Å². The van der Waals surface area contributed by atoms with Gasteiger partial charge < -0.3 is 15.1 Å². The SMILES string of the molecule is CN1CCC(N(C)C(=O)NC(C#N)c2ccc(I)c(Br)c2Cl)CC1. The molecule has 130 valence electrons. The van der Waals surface area contributed by atoms with Gasteiger partial charge in [0.05, 0.1) is 11.1 Å². The van der Waals surface area contributed by atoms with Crippen LogP contribution >= 0.6 is 50.1 Å². The fourth-order valence-electron chi connectivity index (χ4n) is 2.72. The van der Waals surface area contributed by atoms with E-state index < -0.39 is 6.04 Å². The van der Waals surface area contributed by atoms with Gasteiger partial charge >= 0.3 is 6.03 Å². The van der Waals surface area contributed by atoms with Gasteiger partial charge in [0.25, 0.3) is 0 Å². The third-order valence-corrected chi connectivity index (χ3v) is 7.43. The Bertz CT molecular complexity index is 658. The first-order valence-electron chi connectivity index (χ1n) is 7.60. The van der Waals surface area contributed by atoms with Crippen molar-refractivity contribution in [2.45, 2.75) is 24.9 Å². The molecule has 8 heteroatoms. The Balaban J connectivity index is 2.09. The van der Waals surface area contributed by atoms with Crippen LogP contribution in [0.4, 0.5) is 4.79 Å². The zero-order valence-electron chi connectivity index (χ0n) is 13.5. The van der Waals surface area contributed by atoms with Crippen LogP contribution in [0, 0.1) is 14.9 Å². The van der Waals surface area contributed by atoms with Gasteiger partial charge in [-0.15, -0.1) is 0 Å². The summed E-state index contributed by atoms with van der Waals surface area (Å²) in [4.78, 5) is 16.5. The molecule has 1 aromatic rings. The molecular weight excluding hydrogens is 506 g/mol. The third-order valence-electron chi connectivity index (χ3n) is 4.33.